The van der Waals surface area contributed by atoms with Crippen molar-refractivity contribution >= 4 is 17.5 Å². The quantitative estimate of drug-likeness (QED) is 0.854. The van der Waals surface area contributed by atoms with Crippen LogP contribution in [0.4, 0.5) is 0 Å². The fraction of sp³-hybridized carbons (Fsp3) is 0.667. The molecule has 1 aromatic rings. The molecule has 1 saturated heterocycles. The van der Waals surface area contributed by atoms with E-state index in [4.69, 9.17) is 11.6 Å². The van der Waals surface area contributed by atoms with E-state index in [-0.39, 0.29) is 5.91 Å². The second-order valence-corrected chi connectivity index (χ2v) is 8.56. The second kappa shape index (κ2) is 9.20. The number of benzene rings is 1. The number of piperazine rings is 1. The second-order valence-electron chi connectivity index (χ2n) is 8.12. The van der Waals surface area contributed by atoms with Gasteiger partial charge in [-0.25, -0.2) is 0 Å². The minimum atomic E-state index is 0.196. The number of hydrogen-bond donors (Lipinski definition) is 1. The Morgan fingerprint density at radius 2 is 1.73 bits per heavy atom. The van der Waals surface area contributed by atoms with E-state index in [1.165, 1.54) is 18.4 Å². The SMILES string of the molecule is C[C@H]1[C@H](C)CCC[C@H]1NC(=O)CN1CCN(Cc2ccc(Cl)cc2)CC1. The summed E-state index contributed by atoms with van der Waals surface area (Å²) in [5.41, 5.74) is 1.29. The van der Waals surface area contributed by atoms with Gasteiger partial charge in [0.15, 0.2) is 0 Å². The highest BCUT2D eigenvalue weighted by molar-refractivity contribution is 6.30. The molecule has 4 nitrogen and oxygen atoms in total. The zero-order valence-electron chi connectivity index (χ0n) is 16.1. The van der Waals surface area contributed by atoms with Gasteiger partial charge in [-0.2, -0.15) is 0 Å². The smallest absolute Gasteiger partial charge is 0.234 e. The van der Waals surface area contributed by atoms with Crippen molar-refractivity contribution in [3.8, 4) is 0 Å². The minimum Gasteiger partial charge on any atom is -0.352 e. The highest BCUT2D eigenvalue weighted by Crippen LogP contribution is 2.29. The van der Waals surface area contributed by atoms with Gasteiger partial charge < -0.3 is 5.32 Å². The Morgan fingerprint density at radius 3 is 2.42 bits per heavy atom. The third-order valence-electron chi connectivity index (χ3n) is 6.20. The van der Waals surface area contributed by atoms with Gasteiger partial charge in [-0.3, -0.25) is 14.6 Å². The average molecular weight is 378 g/mol. The van der Waals surface area contributed by atoms with Crippen LogP contribution in [0.3, 0.4) is 0 Å². The predicted molar refractivity (Wildman–Crippen MR) is 107 cm³/mol. The number of carbonyl (C=O) groups is 1. The van der Waals surface area contributed by atoms with Crippen molar-refractivity contribution in [1.82, 2.24) is 15.1 Å². The summed E-state index contributed by atoms with van der Waals surface area (Å²) in [5.74, 6) is 1.50. The third kappa shape index (κ3) is 5.45. The Morgan fingerprint density at radius 1 is 1.08 bits per heavy atom. The van der Waals surface area contributed by atoms with E-state index in [0.29, 0.717) is 24.4 Å². The summed E-state index contributed by atoms with van der Waals surface area (Å²) in [5, 5.41) is 4.08. The fourth-order valence-corrected chi connectivity index (χ4v) is 4.32. The van der Waals surface area contributed by atoms with Crippen molar-refractivity contribution in [2.24, 2.45) is 11.8 Å². The molecule has 0 radical (unpaired) electrons. The summed E-state index contributed by atoms with van der Waals surface area (Å²) in [7, 11) is 0. The molecule has 2 aliphatic rings. The molecule has 5 heteroatoms. The Bertz CT molecular complexity index is 583. The molecule has 1 aromatic carbocycles. The first-order valence-corrected chi connectivity index (χ1v) is 10.4. The summed E-state index contributed by atoms with van der Waals surface area (Å²) in [6.45, 7) is 10.0. The van der Waals surface area contributed by atoms with Crippen molar-refractivity contribution in [1.29, 1.82) is 0 Å². The van der Waals surface area contributed by atoms with E-state index >= 15 is 0 Å². The van der Waals surface area contributed by atoms with Gasteiger partial charge in [0.2, 0.25) is 5.91 Å². The van der Waals surface area contributed by atoms with E-state index in [9.17, 15) is 4.79 Å². The number of amides is 1. The van der Waals surface area contributed by atoms with E-state index in [2.05, 4.69) is 41.1 Å². The van der Waals surface area contributed by atoms with Gasteiger partial charge in [0, 0.05) is 43.8 Å². The fourth-order valence-electron chi connectivity index (χ4n) is 4.19. The maximum Gasteiger partial charge on any atom is 0.234 e. The molecule has 144 valence electrons. The van der Waals surface area contributed by atoms with E-state index in [0.717, 1.165) is 44.2 Å². The first kappa shape index (κ1) is 19.7. The lowest BCUT2D eigenvalue weighted by Crippen LogP contribution is -2.51. The molecule has 2 fully saturated rings. The number of rotatable bonds is 5. The Labute approximate surface area is 162 Å². The summed E-state index contributed by atoms with van der Waals surface area (Å²) < 4.78 is 0. The zero-order chi connectivity index (χ0) is 18.5. The van der Waals surface area contributed by atoms with Crippen molar-refractivity contribution in [3.05, 3.63) is 34.9 Å². The molecule has 1 amide bonds. The van der Waals surface area contributed by atoms with Gasteiger partial charge in [0.05, 0.1) is 6.54 Å². The largest absolute Gasteiger partial charge is 0.352 e. The molecule has 0 spiro atoms. The molecule has 1 heterocycles. The number of hydrogen-bond acceptors (Lipinski definition) is 3. The number of nitrogens with zero attached hydrogens (tertiary/aromatic N) is 2. The summed E-state index contributed by atoms with van der Waals surface area (Å²) in [6, 6.07) is 8.44. The minimum absolute atomic E-state index is 0.196. The van der Waals surface area contributed by atoms with Crippen molar-refractivity contribution in [2.45, 2.75) is 45.7 Å². The van der Waals surface area contributed by atoms with Crippen LogP contribution in [0, 0.1) is 11.8 Å². The van der Waals surface area contributed by atoms with Crippen LogP contribution < -0.4 is 5.32 Å². The highest BCUT2D eigenvalue weighted by Gasteiger charge is 2.28. The molecular weight excluding hydrogens is 346 g/mol. The zero-order valence-corrected chi connectivity index (χ0v) is 16.8. The molecule has 1 aliphatic carbocycles. The van der Waals surface area contributed by atoms with Crippen LogP contribution >= 0.6 is 11.6 Å². The molecule has 26 heavy (non-hydrogen) atoms. The van der Waals surface area contributed by atoms with Gasteiger partial charge in [0.1, 0.15) is 0 Å². The van der Waals surface area contributed by atoms with E-state index < -0.39 is 0 Å². The average Bonchev–Trinajstić information content (AvgIpc) is 2.62. The standard InChI is InChI=1S/C21H32ClN3O/c1-16-4-3-5-20(17(16)2)23-21(26)15-25-12-10-24(11-13-25)14-18-6-8-19(22)9-7-18/h6-9,16-17,20H,3-5,10-15H2,1-2H3,(H,23,26)/t16-,17+,20-/m1/s1. The molecule has 0 bridgehead atoms. The molecule has 1 saturated carbocycles. The van der Waals surface area contributed by atoms with Gasteiger partial charge in [-0.15, -0.1) is 0 Å². The maximum atomic E-state index is 12.5. The van der Waals surface area contributed by atoms with Gasteiger partial charge >= 0.3 is 0 Å². The van der Waals surface area contributed by atoms with Gasteiger partial charge in [0.25, 0.3) is 0 Å². The van der Waals surface area contributed by atoms with Crippen LogP contribution in [-0.4, -0.2) is 54.5 Å². The first-order chi connectivity index (χ1) is 12.5. The van der Waals surface area contributed by atoms with Gasteiger partial charge in [-0.1, -0.05) is 50.4 Å². The van der Waals surface area contributed by atoms with Crippen LogP contribution in [-0.2, 0) is 11.3 Å². The molecular formula is C21H32ClN3O. The topological polar surface area (TPSA) is 35.6 Å². The van der Waals surface area contributed by atoms with Crippen molar-refractivity contribution < 1.29 is 4.79 Å². The Kier molecular flexibility index (Phi) is 6.96. The highest BCUT2D eigenvalue weighted by atomic mass is 35.5. The van der Waals surface area contributed by atoms with Gasteiger partial charge in [-0.05, 0) is 36.0 Å². The van der Waals surface area contributed by atoms with Crippen LogP contribution in [0.25, 0.3) is 0 Å². The normalized spacial score (nSPS) is 28.0. The van der Waals surface area contributed by atoms with Crippen molar-refractivity contribution in [3.63, 3.8) is 0 Å². The molecule has 1 N–H and O–H groups in total. The summed E-state index contributed by atoms with van der Waals surface area (Å²) in [4.78, 5) is 17.2. The van der Waals surface area contributed by atoms with E-state index in [1.54, 1.807) is 0 Å². The van der Waals surface area contributed by atoms with E-state index in [1.807, 2.05) is 12.1 Å². The number of carbonyl (C=O) groups excluding carboxylic acids is 1. The third-order valence-corrected chi connectivity index (χ3v) is 6.46. The molecule has 3 rings (SSSR count). The Balaban J connectivity index is 1.39. The predicted octanol–water partition coefficient (Wildman–Crippen LogP) is 3.40. The Hall–Kier alpha value is -1.10. The molecule has 0 unspecified atom stereocenters. The number of nitrogens with one attached hydrogen (secondary N) is 1. The van der Waals surface area contributed by atoms with Crippen molar-refractivity contribution in [2.75, 3.05) is 32.7 Å². The monoisotopic (exact) mass is 377 g/mol. The first-order valence-electron chi connectivity index (χ1n) is 10.00. The van der Waals surface area contributed by atoms with Crippen LogP contribution in [0.5, 0.6) is 0 Å². The summed E-state index contributed by atoms with van der Waals surface area (Å²) >= 11 is 5.95. The van der Waals surface area contributed by atoms with Crippen LogP contribution in [0.15, 0.2) is 24.3 Å². The van der Waals surface area contributed by atoms with Crippen LogP contribution in [0.1, 0.15) is 38.7 Å². The lowest BCUT2D eigenvalue weighted by molar-refractivity contribution is -0.124. The lowest BCUT2D eigenvalue weighted by Gasteiger charge is -2.36. The number of halogens is 1. The molecule has 0 aromatic heterocycles. The molecule has 3 atom stereocenters. The lowest BCUT2D eigenvalue weighted by atomic mass is 9.78. The molecule has 1 aliphatic heterocycles. The van der Waals surface area contributed by atoms with Crippen LogP contribution in [0.2, 0.25) is 5.02 Å². The maximum absolute atomic E-state index is 12.5. The summed E-state index contributed by atoms with van der Waals surface area (Å²) in [6.07, 6.45) is 3.66.